The standard InChI is InChI=1S/C19H24F2N4O5/c20-19(21)30-14-8-12(25-6-7-29-10-15(25)26)4-5-13(14)24-18(28)16(17(22)27)23-9-11-2-1-3-11/h4-5,8,11,16,19,23H,1-3,6-7,9-10H2,(H2,22,27)(H,24,28)/t16-/m0/s1. The SMILES string of the molecule is NC(=O)[C@H](NCC1CCC1)C(=O)Nc1ccc(N2CCOCC2=O)cc1OC(F)F. The largest absolute Gasteiger partial charge is 0.433 e. The summed E-state index contributed by atoms with van der Waals surface area (Å²) in [4.78, 5) is 37.6. The van der Waals surface area contributed by atoms with Gasteiger partial charge in [-0.1, -0.05) is 6.42 Å². The van der Waals surface area contributed by atoms with Gasteiger partial charge in [0, 0.05) is 18.3 Å². The molecular weight excluding hydrogens is 402 g/mol. The number of hydrogen-bond acceptors (Lipinski definition) is 6. The summed E-state index contributed by atoms with van der Waals surface area (Å²) < 4.78 is 35.4. The Morgan fingerprint density at radius 1 is 1.33 bits per heavy atom. The van der Waals surface area contributed by atoms with Crippen molar-refractivity contribution in [2.75, 3.05) is 36.5 Å². The smallest absolute Gasteiger partial charge is 0.387 e. The molecular formula is C19H24F2N4O5. The monoisotopic (exact) mass is 426 g/mol. The number of anilines is 2. The van der Waals surface area contributed by atoms with Crippen LogP contribution in [0, 0.1) is 5.92 Å². The van der Waals surface area contributed by atoms with Crippen LogP contribution in [-0.4, -0.2) is 56.7 Å². The molecule has 4 N–H and O–H groups in total. The molecule has 164 valence electrons. The lowest BCUT2D eigenvalue weighted by molar-refractivity contribution is -0.128. The minimum atomic E-state index is -3.15. The second-order valence-corrected chi connectivity index (χ2v) is 7.19. The normalized spacial score (nSPS) is 18.1. The predicted octanol–water partition coefficient (Wildman–Crippen LogP) is 0.833. The fourth-order valence-electron chi connectivity index (χ4n) is 3.28. The Morgan fingerprint density at radius 2 is 2.10 bits per heavy atom. The van der Waals surface area contributed by atoms with Gasteiger partial charge in [0.2, 0.25) is 5.91 Å². The van der Waals surface area contributed by atoms with E-state index >= 15 is 0 Å². The highest BCUT2D eigenvalue weighted by atomic mass is 19.3. The molecule has 1 atom stereocenters. The van der Waals surface area contributed by atoms with E-state index in [9.17, 15) is 23.2 Å². The number of primary amides is 1. The zero-order valence-electron chi connectivity index (χ0n) is 16.2. The molecule has 1 saturated heterocycles. The van der Waals surface area contributed by atoms with Crippen LogP contribution in [0.25, 0.3) is 0 Å². The number of carbonyl (C=O) groups is 3. The van der Waals surface area contributed by atoms with E-state index in [2.05, 4.69) is 15.4 Å². The van der Waals surface area contributed by atoms with Crippen molar-refractivity contribution in [3.8, 4) is 5.75 Å². The van der Waals surface area contributed by atoms with Crippen LogP contribution in [0.15, 0.2) is 18.2 Å². The second-order valence-electron chi connectivity index (χ2n) is 7.19. The van der Waals surface area contributed by atoms with Gasteiger partial charge in [0.1, 0.15) is 6.61 Å². The van der Waals surface area contributed by atoms with Crippen LogP contribution in [0.1, 0.15) is 19.3 Å². The number of halogens is 2. The van der Waals surface area contributed by atoms with E-state index in [4.69, 9.17) is 10.5 Å². The fourth-order valence-corrected chi connectivity index (χ4v) is 3.28. The first-order valence-corrected chi connectivity index (χ1v) is 9.65. The number of morpholine rings is 1. The summed E-state index contributed by atoms with van der Waals surface area (Å²) in [5.74, 6) is -1.94. The van der Waals surface area contributed by atoms with Crippen LogP contribution in [0.2, 0.25) is 0 Å². The van der Waals surface area contributed by atoms with E-state index in [0.717, 1.165) is 19.3 Å². The van der Waals surface area contributed by atoms with E-state index in [-0.39, 0.29) is 30.5 Å². The van der Waals surface area contributed by atoms with Crippen molar-refractivity contribution in [2.24, 2.45) is 11.7 Å². The number of amides is 3. The number of benzene rings is 1. The van der Waals surface area contributed by atoms with Gasteiger partial charge in [0.15, 0.2) is 11.8 Å². The van der Waals surface area contributed by atoms with Crippen molar-refractivity contribution in [1.82, 2.24) is 5.32 Å². The van der Waals surface area contributed by atoms with Crippen LogP contribution >= 0.6 is 0 Å². The van der Waals surface area contributed by atoms with Crippen LogP contribution in [0.3, 0.4) is 0 Å². The van der Waals surface area contributed by atoms with Gasteiger partial charge < -0.3 is 25.4 Å². The number of carbonyl (C=O) groups excluding carboxylic acids is 3. The third-order valence-corrected chi connectivity index (χ3v) is 5.12. The Balaban J connectivity index is 1.76. The van der Waals surface area contributed by atoms with Gasteiger partial charge in [-0.25, -0.2) is 0 Å². The zero-order chi connectivity index (χ0) is 21.7. The number of ether oxygens (including phenoxy) is 2. The fraction of sp³-hybridized carbons (Fsp3) is 0.526. The Morgan fingerprint density at radius 3 is 2.70 bits per heavy atom. The first-order chi connectivity index (χ1) is 14.3. The first kappa shape index (κ1) is 21.9. The number of nitrogens with two attached hydrogens (primary N) is 1. The molecule has 1 heterocycles. The van der Waals surface area contributed by atoms with Crippen LogP contribution < -0.4 is 26.0 Å². The van der Waals surface area contributed by atoms with Crippen molar-refractivity contribution in [3.63, 3.8) is 0 Å². The summed E-state index contributed by atoms with van der Waals surface area (Å²) in [6.07, 6.45) is 3.12. The average Bonchev–Trinajstić information content (AvgIpc) is 2.64. The Hall–Kier alpha value is -2.79. The molecule has 0 unspecified atom stereocenters. The Kier molecular flexibility index (Phi) is 7.16. The van der Waals surface area contributed by atoms with Crippen LogP contribution in [0.4, 0.5) is 20.2 Å². The minimum Gasteiger partial charge on any atom is -0.433 e. The molecule has 2 aliphatic rings. The molecule has 3 rings (SSSR count). The van der Waals surface area contributed by atoms with Crippen molar-refractivity contribution in [3.05, 3.63) is 18.2 Å². The number of alkyl halides is 2. The average molecular weight is 426 g/mol. The highest BCUT2D eigenvalue weighted by molar-refractivity contribution is 6.10. The number of nitrogens with zero attached hydrogens (tertiary/aromatic N) is 1. The summed E-state index contributed by atoms with van der Waals surface area (Å²) in [7, 11) is 0. The molecule has 2 fully saturated rings. The van der Waals surface area contributed by atoms with Gasteiger partial charge in [0.25, 0.3) is 11.8 Å². The van der Waals surface area contributed by atoms with Gasteiger partial charge in [0.05, 0.1) is 12.3 Å². The predicted molar refractivity (Wildman–Crippen MR) is 103 cm³/mol. The van der Waals surface area contributed by atoms with Crippen LogP contribution in [0.5, 0.6) is 5.75 Å². The van der Waals surface area contributed by atoms with Crippen molar-refractivity contribution in [1.29, 1.82) is 0 Å². The van der Waals surface area contributed by atoms with Gasteiger partial charge in [-0.05, 0) is 37.4 Å². The third-order valence-electron chi connectivity index (χ3n) is 5.12. The molecule has 3 amide bonds. The summed E-state index contributed by atoms with van der Waals surface area (Å²) in [6.45, 7) is -2.24. The second kappa shape index (κ2) is 9.81. The molecule has 1 aromatic carbocycles. The number of hydrogen-bond donors (Lipinski definition) is 3. The summed E-state index contributed by atoms with van der Waals surface area (Å²) in [5, 5.41) is 5.24. The quantitative estimate of drug-likeness (QED) is 0.503. The molecule has 1 aliphatic carbocycles. The maximum atomic E-state index is 12.9. The summed E-state index contributed by atoms with van der Waals surface area (Å²) >= 11 is 0. The van der Waals surface area contributed by atoms with Crippen LogP contribution in [-0.2, 0) is 19.1 Å². The maximum Gasteiger partial charge on any atom is 0.387 e. The zero-order valence-corrected chi connectivity index (χ0v) is 16.2. The van der Waals surface area contributed by atoms with Gasteiger partial charge >= 0.3 is 6.61 Å². The Bertz CT molecular complexity index is 803. The van der Waals surface area contributed by atoms with E-state index in [1.165, 1.54) is 23.1 Å². The van der Waals surface area contributed by atoms with Gasteiger partial charge in [-0.3, -0.25) is 19.7 Å². The summed E-state index contributed by atoms with van der Waals surface area (Å²) in [5.41, 5.74) is 5.58. The number of nitrogens with one attached hydrogen (secondary N) is 2. The molecule has 0 aromatic heterocycles. The van der Waals surface area contributed by atoms with E-state index in [0.29, 0.717) is 24.8 Å². The third kappa shape index (κ3) is 5.42. The molecule has 0 radical (unpaired) electrons. The van der Waals surface area contributed by atoms with Crippen molar-refractivity contribution < 1.29 is 32.6 Å². The topological polar surface area (TPSA) is 123 Å². The summed E-state index contributed by atoms with van der Waals surface area (Å²) in [6, 6.07) is 2.73. The molecule has 0 bridgehead atoms. The van der Waals surface area contributed by atoms with Gasteiger partial charge in [-0.15, -0.1) is 0 Å². The lowest BCUT2D eigenvalue weighted by atomic mass is 9.85. The minimum absolute atomic E-state index is 0.0681. The van der Waals surface area contributed by atoms with E-state index in [1.54, 1.807) is 0 Å². The van der Waals surface area contributed by atoms with Crippen molar-refractivity contribution >= 4 is 29.1 Å². The number of rotatable bonds is 9. The highest BCUT2D eigenvalue weighted by Crippen LogP contribution is 2.32. The highest BCUT2D eigenvalue weighted by Gasteiger charge is 2.28. The van der Waals surface area contributed by atoms with Crippen molar-refractivity contribution in [2.45, 2.75) is 31.9 Å². The molecule has 11 heteroatoms. The molecule has 1 aliphatic heterocycles. The molecule has 0 spiro atoms. The molecule has 1 aromatic rings. The van der Waals surface area contributed by atoms with E-state index in [1.807, 2.05) is 0 Å². The first-order valence-electron chi connectivity index (χ1n) is 9.65. The van der Waals surface area contributed by atoms with E-state index < -0.39 is 24.5 Å². The lowest BCUT2D eigenvalue weighted by Crippen LogP contribution is -2.51. The van der Waals surface area contributed by atoms with Gasteiger partial charge in [-0.2, -0.15) is 8.78 Å². The molecule has 1 saturated carbocycles. The molecule has 9 nitrogen and oxygen atoms in total. The Labute approximate surface area is 171 Å². The maximum absolute atomic E-state index is 12.9. The molecule has 30 heavy (non-hydrogen) atoms. The lowest BCUT2D eigenvalue weighted by Gasteiger charge is -2.28.